The average Bonchev–Trinajstić information content (AvgIpc) is 2.55. The average molecular weight is 299 g/mol. The number of para-hydroxylation sites is 1. The summed E-state index contributed by atoms with van der Waals surface area (Å²) in [5.74, 6) is -1.14. The van der Waals surface area contributed by atoms with Crippen molar-refractivity contribution in [1.82, 2.24) is 0 Å². The highest BCUT2D eigenvalue weighted by atomic mass is 19.1. The van der Waals surface area contributed by atoms with Gasteiger partial charge in [0.15, 0.2) is 5.78 Å². The maximum Gasteiger partial charge on any atom is 0.339 e. The van der Waals surface area contributed by atoms with Gasteiger partial charge in [-0.3, -0.25) is 4.79 Å². The van der Waals surface area contributed by atoms with Gasteiger partial charge in [0.2, 0.25) is 0 Å². The lowest BCUT2D eigenvalue weighted by Gasteiger charge is -2.06. The Hall–Kier alpha value is -2.95. The minimum absolute atomic E-state index is 0.275. The molecular weight excluding hydrogens is 285 g/mol. The van der Waals surface area contributed by atoms with Crippen molar-refractivity contribution < 1.29 is 18.7 Å². The number of anilines is 1. The number of nitrogens with one attached hydrogen (secondary N) is 1. The van der Waals surface area contributed by atoms with E-state index in [-0.39, 0.29) is 5.78 Å². The first-order valence-electron chi connectivity index (χ1n) is 6.52. The summed E-state index contributed by atoms with van der Waals surface area (Å²) in [5, 5.41) is 2.86. The Morgan fingerprint density at radius 3 is 2.45 bits per heavy atom. The summed E-state index contributed by atoms with van der Waals surface area (Å²) < 4.78 is 17.5. The molecule has 0 aliphatic heterocycles. The van der Waals surface area contributed by atoms with Crippen LogP contribution in [-0.2, 0) is 4.74 Å². The summed E-state index contributed by atoms with van der Waals surface area (Å²) in [4.78, 5) is 23.5. The second-order valence-electron chi connectivity index (χ2n) is 4.39. The molecule has 0 unspecified atom stereocenters. The molecule has 0 fully saturated rings. The Balaban J connectivity index is 2.08. The van der Waals surface area contributed by atoms with E-state index >= 15 is 0 Å². The fourth-order valence-corrected chi connectivity index (χ4v) is 1.81. The molecule has 0 bridgehead atoms. The molecule has 4 nitrogen and oxygen atoms in total. The number of hydrogen-bond acceptors (Lipinski definition) is 4. The van der Waals surface area contributed by atoms with Crippen LogP contribution in [0.1, 0.15) is 20.7 Å². The largest absolute Gasteiger partial charge is 0.465 e. The quantitative estimate of drug-likeness (QED) is 0.522. The zero-order valence-corrected chi connectivity index (χ0v) is 11.9. The second-order valence-corrected chi connectivity index (χ2v) is 4.39. The molecule has 0 saturated carbocycles. The maximum atomic E-state index is 12.8. The number of allylic oxidation sites excluding steroid dienone is 1. The van der Waals surface area contributed by atoms with E-state index in [1.165, 1.54) is 43.7 Å². The highest BCUT2D eigenvalue weighted by molar-refractivity contribution is 6.04. The number of methoxy groups -OCH3 is 1. The van der Waals surface area contributed by atoms with Crippen LogP contribution in [0.4, 0.5) is 10.1 Å². The van der Waals surface area contributed by atoms with Gasteiger partial charge in [0, 0.05) is 17.8 Å². The molecule has 112 valence electrons. The van der Waals surface area contributed by atoms with Crippen LogP contribution in [0.25, 0.3) is 0 Å². The fraction of sp³-hybridized carbons (Fsp3) is 0.0588. The number of carbonyl (C=O) groups excluding carboxylic acids is 2. The Labute approximate surface area is 127 Å². The zero-order chi connectivity index (χ0) is 15.9. The molecule has 0 atom stereocenters. The van der Waals surface area contributed by atoms with E-state index in [0.717, 1.165) is 0 Å². The first kappa shape index (κ1) is 15.4. The lowest BCUT2D eigenvalue weighted by Crippen LogP contribution is -2.05. The first-order chi connectivity index (χ1) is 10.6. The van der Waals surface area contributed by atoms with Crippen LogP contribution in [0.15, 0.2) is 60.8 Å². The molecule has 1 N–H and O–H groups in total. The molecule has 0 heterocycles. The minimum Gasteiger partial charge on any atom is -0.465 e. The SMILES string of the molecule is COC(=O)c1ccccc1N/C=C\C(=O)c1ccc(F)cc1. The second kappa shape index (κ2) is 7.17. The molecule has 22 heavy (non-hydrogen) atoms. The molecule has 2 aromatic rings. The Bertz CT molecular complexity index is 708. The van der Waals surface area contributed by atoms with Gasteiger partial charge < -0.3 is 10.1 Å². The van der Waals surface area contributed by atoms with Gasteiger partial charge in [0.05, 0.1) is 18.4 Å². The normalized spacial score (nSPS) is 10.5. The van der Waals surface area contributed by atoms with Crippen molar-refractivity contribution >= 4 is 17.4 Å². The van der Waals surface area contributed by atoms with Crippen LogP contribution in [-0.4, -0.2) is 18.9 Å². The standard InChI is InChI=1S/C17H14FNO3/c1-22-17(21)14-4-2-3-5-15(14)19-11-10-16(20)12-6-8-13(18)9-7-12/h2-11,19H,1H3/b11-10-. The van der Waals surface area contributed by atoms with Gasteiger partial charge in [-0.15, -0.1) is 0 Å². The monoisotopic (exact) mass is 299 g/mol. The van der Waals surface area contributed by atoms with Crippen LogP contribution in [0.2, 0.25) is 0 Å². The van der Waals surface area contributed by atoms with Crippen molar-refractivity contribution in [3.05, 3.63) is 77.8 Å². The van der Waals surface area contributed by atoms with Gasteiger partial charge in [-0.25, -0.2) is 9.18 Å². The van der Waals surface area contributed by atoms with Crippen LogP contribution < -0.4 is 5.32 Å². The summed E-state index contributed by atoms with van der Waals surface area (Å²) >= 11 is 0. The van der Waals surface area contributed by atoms with Crippen molar-refractivity contribution in [2.45, 2.75) is 0 Å². The number of halogens is 1. The van der Waals surface area contributed by atoms with Crippen molar-refractivity contribution in [3.8, 4) is 0 Å². The summed E-state index contributed by atoms with van der Waals surface area (Å²) in [5.41, 5.74) is 1.27. The van der Waals surface area contributed by atoms with E-state index < -0.39 is 11.8 Å². The summed E-state index contributed by atoms with van der Waals surface area (Å²) in [6, 6.07) is 12.0. The number of benzene rings is 2. The molecule has 2 aromatic carbocycles. The van der Waals surface area contributed by atoms with E-state index in [1.54, 1.807) is 24.3 Å². The van der Waals surface area contributed by atoms with E-state index in [9.17, 15) is 14.0 Å². The van der Waals surface area contributed by atoms with Crippen LogP contribution in [0.5, 0.6) is 0 Å². The topological polar surface area (TPSA) is 55.4 Å². The Morgan fingerprint density at radius 2 is 1.77 bits per heavy atom. The first-order valence-corrected chi connectivity index (χ1v) is 6.52. The van der Waals surface area contributed by atoms with E-state index in [2.05, 4.69) is 10.1 Å². The third-order valence-electron chi connectivity index (χ3n) is 2.93. The van der Waals surface area contributed by atoms with Gasteiger partial charge in [-0.05, 0) is 36.4 Å². The van der Waals surface area contributed by atoms with Gasteiger partial charge in [0.25, 0.3) is 0 Å². The number of ketones is 1. The molecule has 0 aliphatic rings. The molecule has 0 aliphatic carbocycles. The summed E-state index contributed by atoms with van der Waals surface area (Å²) in [6.07, 6.45) is 2.73. The molecule has 0 radical (unpaired) electrons. The van der Waals surface area contributed by atoms with Crippen molar-refractivity contribution in [1.29, 1.82) is 0 Å². The molecule has 2 rings (SSSR count). The predicted molar refractivity (Wildman–Crippen MR) is 81.3 cm³/mol. The summed E-state index contributed by atoms with van der Waals surface area (Å²) in [6.45, 7) is 0. The zero-order valence-electron chi connectivity index (χ0n) is 11.9. The van der Waals surface area contributed by atoms with Gasteiger partial charge >= 0.3 is 5.97 Å². The molecular formula is C17H14FNO3. The number of carbonyl (C=O) groups is 2. The van der Waals surface area contributed by atoms with Crippen LogP contribution in [0.3, 0.4) is 0 Å². The molecule has 0 saturated heterocycles. The number of hydrogen-bond donors (Lipinski definition) is 1. The van der Waals surface area contributed by atoms with E-state index in [1.807, 2.05) is 0 Å². The minimum atomic E-state index is -0.471. The highest BCUT2D eigenvalue weighted by Crippen LogP contribution is 2.16. The highest BCUT2D eigenvalue weighted by Gasteiger charge is 2.09. The third-order valence-corrected chi connectivity index (χ3v) is 2.93. The maximum absolute atomic E-state index is 12.8. The number of ether oxygens (including phenoxy) is 1. The smallest absolute Gasteiger partial charge is 0.339 e. The third kappa shape index (κ3) is 3.79. The van der Waals surface area contributed by atoms with Gasteiger partial charge in [0.1, 0.15) is 5.82 Å². The van der Waals surface area contributed by atoms with Gasteiger partial charge in [-0.1, -0.05) is 12.1 Å². The summed E-state index contributed by atoms with van der Waals surface area (Å²) in [7, 11) is 1.30. The van der Waals surface area contributed by atoms with Crippen molar-refractivity contribution in [2.24, 2.45) is 0 Å². The van der Waals surface area contributed by atoms with Crippen molar-refractivity contribution in [3.63, 3.8) is 0 Å². The van der Waals surface area contributed by atoms with Gasteiger partial charge in [-0.2, -0.15) is 0 Å². The number of esters is 1. The number of rotatable bonds is 5. The molecule has 5 heteroatoms. The van der Waals surface area contributed by atoms with Crippen LogP contribution >= 0.6 is 0 Å². The predicted octanol–water partition coefficient (Wildman–Crippen LogP) is 3.42. The van der Waals surface area contributed by atoms with E-state index in [4.69, 9.17) is 0 Å². The molecule has 0 aromatic heterocycles. The van der Waals surface area contributed by atoms with Crippen molar-refractivity contribution in [2.75, 3.05) is 12.4 Å². The van der Waals surface area contributed by atoms with Crippen LogP contribution in [0, 0.1) is 5.82 Å². The Morgan fingerprint density at radius 1 is 1.09 bits per heavy atom. The lowest BCUT2D eigenvalue weighted by atomic mass is 10.1. The Kier molecular flexibility index (Phi) is 5.03. The van der Waals surface area contributed by atoms with E-state index in [0.29, 0.717) is 16.8 Å². The fourth-order valence-electron chi connectivity index (χ4n) is 1.81. The molecule has 0 amide bonds. The lowest BCUT2D eigenvalue weighted by molar-refractivity contribution is 0.0601. The molecule has 0 spiro atoms.